The number of carbonyl (C=O) groups is 3. The van der Waals surface area contributed by atoms with Gasteiger partial charge in [0.25, 0.3) is 0 Å². The fourth-order valence-electron chi connectivity index (χ4n) is 5.09. The summed E-state index contributed by atoms with van der Waals surface area (Å²) < 4.78 is 0. The first-order chi connectivity index (χ1) is 16.2. The van der Waals surface area contributed by atoms with Crippen molar-refractivity contribution in [2.24, 2.45) is 11.3 Å². The Bertz CT molecular complexity index is 870. The molecule has 7 nitrogen and oxygen atoms in total. The fourth-order valence-corrected chi connectivity index (χ4v) is 5.09. The molecule has 1 aromatic rings. The normalized spacial score (nSPS) is 17.1. The van der Waals surface area contributed by atoms with Gasteiger partial charge in [0, 0.05) is 25.6 Å². The van der Waals surface area contributed by atoms with Crippen LogP contribution in [0.2, 0.25) is 0 Å². The summed E-state index contributed by atoms with van der Waals surface area (Å²) in [5, 5.41) is 6.21. The SMILES string of the molecule is CN[C@H](C(=O)N[C@H](C(=O)N(C)[C@H](C(=O)N1CCCC1)C(C)C)C(C)(C)C)C(C)(C)c1ccccc1. The zero-order valence-corrected chi connectivity index (χ0v) is 23.1. The van der Waals surface area contributed by atoms with Crippen molar-refractivity contribution in [2.45, 2.75) is 84.8 Å². The molecule has 1 heterocycles. The summed E-state index contributed by atoms with van der Waals surface area (Å²) in [6.45, 7) is 15.3. The van der Waals surface area contributed by atoms with Crippen molar-refractivity contribution < 1.29 is 14.4 Å². The number of hydrogen-bond donors (Lipinski definition) is 2. The lowest BCUT2D eigenvalue weighted by Gasteiger charge is -2.40. The van der Waals surface area contributed by atoms with Gasteiger partial charge in [-0.05, 0) is 36.8 Å². The molecule has 0 saturated carbocycles. The zero-order valence-electron chi connectivity index (χ0n) is 23.1. The van der Waals surface area contributed by atoms with Gasteiger partial charge in [0.15, 0.2) is 0 Å². The smallest absolute Gasteiger partial charge is 0.246 e. The quantitative estimate of drug-likeness (QED) is 0.562. The topological polar surface area (TPSA) is 81.8 Å². The third-order valence-corrected chi connectivity index (χ3v) is 7.26. The van der Waals surface area contributed by atoms with E-state index in [9.17, 15) is 14.4 Å². The standard InChI is InChI=1S/C28H46N4O3/c1-19(2)21(25(34)32-17-13-14-18-32)31(9)26(35)23(27(3,4)5)30-24(33)22(29-8)28(6,7)20-15-11-10-12-16-20/h10-12,15-16,19,21-23,29H,13-14,17-18H2,1-9H3,(H,30,33)/t21-,22+,23+/m0/s1. The number of likely N-dealkylation sites (tertiary alicyclic amines) is 1. The van der Waals surface area contributed by atoms with Gasteiger partial charge in [0.1, 0.15) is 12.1 Å². The van der Waals surface area contributed by atoms with E-state index in [1.807, 2.05) is 83.7 Å². The molecular formula is C28H46N4O3. The van der Waals surface area contributed by atoms with Gasteiger partial charge in [-0.3, -0.25) is 14.4 Å². The fraction of sp³-hybridized carbons (Fsp3) is 0.679. The van der Waals surface area contributed by atoms with Crippen molar-refractivity contribution in [1.29, 1.82) is 0 Å². The molecule has 0 bridgehead atoms. The third kappa shape index (κ3) is 6.63. The number of carbonyl (C=O) groups excluding carboxylic acids is 3. The maximum Gasteiger partial charge on any atom is 0.246 e. The molecule has 7 heteroatoms. The molecule has 3 amide bonds. The van der Waals surface area contributed by atoms with Crippen LogP contribution in [0, 0.1) is 11.3 Å². The van der Waals surface area contributed by atoms with E-state index < -0.39 is 29.0 Å². The number of likely N-dealkylation sites (N-methyl/N-ethyl adjacent to an activating group) is 2. The lowest BCUT2D eigenvalue weighted by Crippen LogP contribution is -2.63. The van der Waals surface area contributed by atoms with Gasteiger partial charge in [-0.2, -0.15) is 0 Å². The predicted octanol–water partition coefficient (Wildman–Crippen LogP) is 3.19. The first kappa shape index (κ1) is 28.8. The van der Waals surface area contributed by atoms with Crippen molar-refractivity contribution in [2.75, 3.05) is 27.2 Å². The largest absolute Gasteiger partial charge is 0.342 e. The maximum absolute atomic E-state index is 13.8. The Kier molecular flexibility index (Phi) is 9.51. The summed E-state index contributed by atoms with van der Waals surface area (Å²) in [7, 11) is 3.45. The van der Waals surface area contributed by atoms with Crippen molar-refractivity contribution in [3.8, 4) is 0 Å². The molecular weight excluding hydrogens is 440 g/mol. The molecule has 0 aliphatic carbocycles. The highest BCUT2D eigenvalue weighted by Gasteiger charge is 2.43. The second-order valence-electron chi connectivity index (χ2n) is 11.8. The Morgan fingerprint density at radius 2 is 1.49 bits per heavy atom. The number of benzene rings is 1. The van der Waals surface area contributed by atoms with Crippen LogP contribution in [0.3, 0.4) is 0 Å². The van der Waals surface area contributed by atoms with Crippen molar-refractivity contribution in [3.05, 3.63) is 35.9 Å². The second-order valence-corrected chi connectivity index (χ2v) is 11.8. The van der Waals surface area contributed by atoms with E-state index in [-0.39, 0.29) is 23.6 Å². The van der Waals surface area contributed by atoms with E-state index >= 15 is 0 Å². The highest BCUT2D eigenvalue weighted by molar-refractivity contribution is 5.94. The van der Waals surface area contributed by atoms with Gasteiger partial charge < -0.3 is 20.4 Å². The molecule has 3 atom stereocenters. The number of amides is 3. The minimum atomic E-state index is -0.782. The molecule has 196 valence electrons. The predicted molar refractivity (Wildman–Crippen MR) is 141 cm³/mol. The number of hydrogen-bond acceptors (Lipinski definition) is 4. The zero-order chi connectivity index (χ0) is 26.6. The van der Waals surface area contributed by atoms with Gasteiger partial charge in [0.2, 0.25) is 17.7 Å². The molecule has 1 aliphatic rings. The van der Waals surface area contributed by atoms with E-state index in [2.05, 4.69) is 10.6 Å². The van der Waals surface area contributed by atoms with Gasteiger partial charge in [-0.15, -0.1) is 0 Å². The summed E-state index contributed by atoms with van der Waals surface area (Å²) in [5.41, 5.74) is -0.0285. The molecule has 35 heavy (non-hydrogen) atoms. The third-order valence-electron chi connectivity index (χ3n) is 7.26. The van der Waals surface area contributed by atoms with Gasteiger partial charge in [0.05, 0.1) is 6.04 Å². The highest BCUT2D eigenvalue weighted by Crippen LogP contribution is 2.29. The molecule has 2 N–H and O–H groups in total. The van der Waals surface area contributed by atoms with E-state index in [0.717, 1.165) is 31.5 Å². The van der Waals surface area contributed by atoms with E-state index in [0.29, 0.717) is 0 Å². The molecule has 0 radical (unpaired) electrons. The summed E-state index contributed by atoms with van der Waals surface area (Å²) in [6, 6.07) is 7.98. The average Bonchev–Trinajstić information content (AvgIpc) is 3.32. The van der Waals surface area contributed by atoms with Gasteiger partial charge in [-0.1, -0.05) is 78.8 Å². The number of nitrogens with zero attached hydrogens (tertiary/aromatic N) is 2. The van der Waals surface area contributed by atoms with Crippen LogP contribution in [0.25, 0.3) is 0 Å². The maximum atomic E-state index is 13.8. The van der Waals surface area contributed by atoms with E-state index in [4.69, 9.17) is 0 Å². The molecule has 1 saturated heterocycles. The van der Waals surface area contributed by atoms with Crippen molar-refractivity contribution >= 4 is 17.7 Å². The Morgan fingerprint density at radius 3 is 1.94 bits per heavy atom. The monoisotopic (exact) mass is 486 g/mol. The first-order valence-corrected chi connectivity index (χ1v) is 12.8. The Hall–Kier alpha value is -2.41. The van der Waals surface area contributed by atoms with Gasteiger partial charge >= 0.3 is 0 Å². The van der Waals surface area contributed by atoms with E-state index in [1.54, 1.807) is 19.0 Å². The Morgan fingerprint density at radius 1 is 0.943 bits per heavy atom. The second kappa shape index (κ2) is 11.5. The molecule has 1 aliphatic heterocycles. The molecule has 0 aromatic heterocycles. The first-order valence-electron chi connectivity index (χ1n) is 12.8. The summed E-state index contributed by atoms with van der Waals surface area (Å²) in [4.78, 5) is 44.2. The lowest BCUT2D eigenvalue weighted by atomic mass is 9.76. The molecule has 0 unspecified atom stereocenters. The minimum absolute atomic E-state index is 0.00866. The Labute approximate surface area is 212 Å². The number of nitrogens with one attached hydrogen (secondary N) is 2. The lowest BCUT2D eigenvalue weighted by molar-refractivity contribution is -0.149. The van der Waals surface area contributed by atoms with Crippen LogP contribution in [-0.2, 0) is 19.8 Å². The van der Waals surface area contributed by atoms with Crippen LogP contribution in [0.1, 0.15) is 66.9 Å². The molecule has 0 spiro atoms. The summed E-state index contributed by atoms with van der Waals surface area (Å²) in [6.07, 6.45) is 2.00. The average molecular weight is 487 g/mol. The summed E-state index contributed by atoms with van der Waals surface area (Å²) in [5.74, 6) is -0.541. The summed E-state index contributed by atoms with van der Waals surface area (Å²) >= 11 is 0. The van der Waals surface area contributed by atoms with Crippen LogP contribution in [0.15, 0.2) is 30.3 Å². The van der Waals surface area contributed by atoms with Crippen LogP contribution >= 0.6 is 0 Å². The molecule has 2 rings (SSSR count). The van der Waals surface area contributed by atoms with Crippen LogP contribution in [0.4, 0.5) is 0 Å². The number of rotatable bonds is 9. The van der Waals surface area contributed by atoms with Crippen LogP contribution in [0.5, 0.6) is 0 Å². The minimum Gasteiger partial charge on any atom is -0.342 e. The van der Waals surface area contributed by atoms with Crippen LogP contribution in [-0.4, -0.2) is 72.8 Å². The van der Waals surface area contributed by atoms with Crippen molar-refractivity contribution in [3.63, 3.8) is 0 Å². The van der Waals surface area contributed by atoms with Crippen LogP contribution < -0.4 is 10.6 Å². The van der Waals surface area contributed by atoms with E-state index in [1.165, 1.54) is 0 Å². The van der Waals surface area contributed by atoms with Gasteiger partial charge in [-0.25, -0.2) is 0 Å². The van der Waals surface area contributed by atoms with Crippen molar-refractivity contribution in [1.82, 2.24) is 20.4 Å². The highest BCUT2D eigenvalue weighted by atomic mass is 16.2. The molecule has 1 fully saturated rings. The molecule has 1 aromatic carbocycles. The Balaban J connectivity index is 2.30.